The van der Waals surface area contributed by atoms with E-state index in [4.69, 9.17) is 4.74 Å². The monoisotopic (exact) mass is 332 g/mol. The smallest absolute Gasteiger partial charge is 0.214 e. The first-order valence-corrected chi connectivity index (χ1v) is 9.32. The number of rotatable bonds is 3. The van der Waals surface area contributed by atoms with Crippen LogP contribution in [0.25, 0.3) is 0 Å². The number of benzene rings is 3. The molecule has 0 saturated heterocycles. The van der Waals surface area contributed by atoms with Gasteiger partial charge in [0.25, 0.3) is 0 Å². The second-order valence-electron chi connectivity index (χ2n) is 5.22. The third kappa shape index (κ3) is 3.27. The van der Waals surface area contributed by atoms with Crippen molar-refractivity contribution in [2.45, 2.75) is 0 Å². The summed E-state index contributed by atoms with van der Waals surface area (Å²) in [7, 11) is -1.55. The molecule has 3 aromatic carbocycles. The molecular formula is C21H17O2P. The fourth-order valence-corrected chi connectivity index (χ4v) is 4.63. The first-order valence-electron chi connectivity index (χ1n) is 7.61. The average Bonchev–Trinajstić information content (AvgIpc) is 2.67. The molecule has 0 aromatic heterocycles. The van der Waals surface area contributed by atoms with Crippen LogP contribution < -0.4 is 15.3 Å². The number of para-hydroxylation sites is 1. The Labute approximate surface area is 142 Å². The van der Waals surface area contributed by atoms with E-state index in [1.54, 1.807) is 7.11 Å². The van der Waals surface area contributed by atoms with E-state index in [9.17, 15) is 4.57 Å². The van der Waals surface area contributed by atoms with E-state index in [1.165, 1.54) is 0 Å². The zero-order valence-corrected chi connectivity index (χ0v) is 14.2. The van der Waals surface area contributed by atoms with Crippen molar-refractivity contribution in [2.24, 2.45) is 0 Å². The molecule has 0 spiro atoms. The fraction of sp³-hybridized carbons (Fsp3) is 0.0476. The first-order chi connectivity index (χ1) is 11.7. The molecule has 0 aliphatic rings. The zero-order chi connectivity index (χ0) is 16.8. The molecule has 0 bridgehead atoms. The van der Waals surface area contributed by atoms with E-state index in [0.717, 1.165) is 5.56 Å². The summed E-state index contributed by atoms with van der Waals surface area (Å²) in [6, 6.07) is 26.3. The molecule has 0 saturated carbocycles. The molecule has 118 valence electrons. The second-order valence-corrected chi connectivity index (χ2v) is 7.66. The Morgan fingerprint density at radius 3 is 2.04 bits per heavy atom. The van der Waals surface area contributed by atoms with Crippen molar-refractivity contribution in [3.05, 3.63) is 90.5 Å². The van der Waals surface area contributed by atoms with Gasteiger partial charge in [0.15, 0.2) is 0 Å². The highest BCUT2D eigenvalue weighted by atomic mass is 31.2. The largest absolute Gasteiger partial charge is 0.496 e. The maximum atomic E-state index is 13.9. The van der Waals surface area contributed by atoms with Crippen LogP contribution in [0.15, 0.2) is 84.9 Å². The number of hydrogen-bond donors (Lipinski definition) is 0. The summed E-state index contributed by atoms with van der Waals surface area (Å²) in [5.41, 5.74) is 3.88. The van der Waals surface area contributed by atoms with E-state index in [0.29, 0.717) is 16.4 Å². The lowest BCUT2D eigenvalue weighted by Crippen LogP contribution is -2.16. The normalized spacial score (nSPS) is 12.5. The Kier molecular flexibility index (Phi) is 4.85. The molecule has 0 radical (unpaired) electrons. The van der Waals surface area contributed by atoms with Gasteiger partial charge in [0.05, 0.1) is 12.4 Å². The Bertz CT molecular complexity index is 922. The summed E-state index contributed by atoms with van der Waals surface area (Å²) in [5.74, 6) is 3.65. The standard InChI is InChI=1S/C21H17O2P/c1-23-20-14-8-9-15-21(20)24(22,19-12-6-3-7-13-19)17-16-18-10-4-2-5-11-18/h2-15H,1H3. The third-order valence-corrected chi connectivity index (χ3v) is 6.18. The maximum Gasteiger partial charge on any atom is 0.214 e. The molecule has 0 aliphatic heterocycles. The molecule has 3 aromatic rings. The van der Waals surface area contributed by atoms with Crippen LogP contribution in [0.2, 0.25) is 0 Å². The lowest BCUT2D eigenvalue weighted by Gasteiger charge is -2.16. The third-order valence-electron chi connectivity index (χ3n) is 3.68. The van der Waals surface area contributed by atoms with Crippen LogP contribution in [0.4, 0.5) is 0 Å². The van der Waals surface area contributed by atoms with Crippen molar-refractivity contribution in [2.75, 3.05) is 7.11 Å². The summed E-state index contributed by atoms with van der Waals surface area (Å²) >= 11 is 0. The van der Waals surface area contributed by atoms with Crippen LogP contribution in [0.1, 0.15) is 5.56 Å². The van der Waals surface area contributed by atoms with Crippen molar-refractivity contribution in [3.8, 4) is 17.3 Å². The van der Waals surface area contributed by atoms with Crippen LogP contribution in [0.5, 0.6) is 5.75 Å². The van der Waals surface area contributed by atoms with Gasteiger partial charge in [-0.05, 0) is 29.9 Å². The van der Waals surface area contributed by atoms with Crippen molar-refractivity contribution in [1.82, 2.24) is 0 Å². The summed E-state index contributed by atoms with van der Waals surface area (Å²) in [6.07, 6.45) is 0. The minimum atomic E-state index is -3.13. The Balaban J connectivity index is 2.20. The van der Waals surface area contributed by atoms with Gasteiger partial charge in [-0.3, -0.25) is 4.57 Å². The van der Waals surface area contributed by atoms with Gasteiger partial charge in [-0.15, -0.1) is 0 Å². The molecule has 3 heteroatoms. The highest BCUT2D eigenvalue weighted by Crippen LogP contribution is 2.44. The van der Waals surface area contributed by atoms with E-state index in [1.807, 2.05) is 84.9 Å². The molecule has 1 unspecified atom stereocenters. The molecular weight excluding hydrogens is 315 g/mol. The van der Waals surface area contributed by atoms with Crippen molar-refractivity contribution >= 4 is 17.8 Å². The molecule has 1 atom stereocenters. The van der Waals surface area contributed by atoms with Crippen molar-refractivity contribution < 1.29 is 9.30 Å². The Hall–Kier alpha value is -2.75. The Morgan fingerprint density at radius 2 is 1.38 bits per heavy atom. The summed E-state index contributed by atoms with van der Waals surface area (Å²) in [5, 5.41) is 1.33. The lowest BCUT2D eigenvalue weighted by atomic mass is 10.2. The van der Waals surface area contributed by atoms with Gasteiger partial charge in [-0.25, -0.2) is 0 Å². The molecule has 24 heavy (non-hydrogen) atoms. The molecule has 3 rings (SSSR count). The number of hydrogen-bond acceptors (Lipinski definition) is 2. The van der Waals surface area contributed by atoms with Crippen LogP contribution in [0, 0.1) is 11.6 Å². The minimum absolute atomic E-state index is 0.590. The quantitative estimate of drug-likeness (QED) is 0.535. The SMILES string of the molecule is COc1ccccc1P(=O)(C#Cc1ccccc1)c1ccccc1. The first kappa shape index (κ1) is 16.1. The Morgan fingerprint density at radius 1 is 0.792 bits per heavy atom. The van der Waals surface area contributed by atoms with E-state index < -0.39 is 7.14 Å². The van der Waals surface area contributed by atoms with Crippen LogP contribution in [0.3, 0.4) is 0 Å². The molecule has 0 amide bonds. The topological polar surface area (TPSA) is 26.3 Å². The van der Waals surface area contributed by atoms with E-state index >= 15 is 0 Å². The van der Waals surface area contributed by atoms with Crippen molar-refractivity contribution in [3.63, 3.8) is 0 Å². The van der Waals surface area contributed by atoms with Crippen LogP contribution >= 0.6 is 7.14 Å². The van der Waals surface area contributed by atoms with Gasteiger partial charge in [0.1, 0.15) is 5.75 Å². The maximum absolute atomic E-state index is 13.9. The summed E-state index contributed by atoms with van der Waals surface area (Å²) in [6.45, 7) is 0. The fourth-order valence-electron chi connectivity index (χ4n) is 2.46. The highest BCUT2D eigenvalue weighted by Gasteiger charge is 2.28. The summed E-state index contributed by atoms with van der Waals surface area (Å²) < 4.78 is 19.3. The predicted molar refractivity (Wildman–Crippen MR) is 99.6 cm³/mol. The molecule has 0 aliphatic carbocycles. The lowest BCUT2D eigenvalue weighted by molar-refractivity contribution is 0.418. The van der Waals surface area contributed by atoms with Crippen LogP contribution in [-0.2, 0) is 4.57 Å². The van der Waals surface area contributed by atoms with Crippen molar-refractivity contribution in [1.29, 1.82) is 0 Å². The van der Waals surface area contributed by atoms with E-state index in [2.05, 4.69) is 11.6 Å². The van der Waals surface area contributed by atoms with Gasteiger partial charge in [0, 0.05) is 10.9 Å². The molecule has 0 heterocycles. The number of ether oxygens (including phenoxy) is 1. The second kappa shape index (κ2) is 7.21. The minimum Gasteiger partial charge on any atom is -0.496 e. The zero-order valence-electron chi connectivity index (χ0n) is 13.3. The van der Waals surface area contributed by atoms with Gasteiger partial charge in [0.2, 0.25) is 7.14 Å². The van der Waals surface area contributed by atoms with Gasteiger partial charge in [-0.1, -0.05) is 66.6 Å². The van der Waals surface area contributed by atoms with E-state index in [-0.39, 0.29) is 0 Å². The van der Waals surface area contributed by atoms with Gasteiger partial charge in [-0.2, -0.15) is 0 Å². The van der Waals surface area contributed by atoms with Gasteiger partial charge >= 0.3 is 0 Å². The number of methoxy groups -OCH3 is 1. The molecule has 2 nitrogen and oxygen atoms in total. The molecule has 0 fully saturated rings. The summed E-state index contributed by atoms with van der Waals surface area (Å²) in [4.78, 5) is 0. The molecule has 0 N–H and O–H groups in total. The average molecular weight is 332 g/mol. The highest BCUT2D eigenvalue weighted by molar-refractivity contribution is 7.83. The predicted octanol–water partition coefficient (Wildman–Crippen LogP) is 4.02. The van der Waals surface area contributed by atoms with Gasteiger partial charge < -0.3 is 4.74 Å². The van der Waals surface area contributed by atoms with Crippen LogP contribution in [-0.4, -0.2) is 7.11 Å².